The molecule has 0 radical (unpaired) electrons. The fourth-order valence-corrected chi connectivity index (χ4v) is 3.73. The fraction of sp³-hybridized carbons (Fsp3) is 0.150. The number of pyridine rings is 1. The second-order valence-corrected chi connectivity index (χ2v) is 7.42. The number of hydrogen-bond donors (Lipinski definition) is 0. The molecule has 0 N–H and O–H groups in total. The summed E-state index contributed by atoms with van der Waals surface area (Å²) in [7, 11) is 0. The second kappa shape index (κ2) is 7.98. The van der Waals surface area contributed by atoms with Crippen LogP contribution in [0.4, 0.5) is 0 Å². The van der Waals surface area contributed by atoms with Gasteiger partial charge in [-0.05, 0) is 42.0 Å². The number of hydrogen-bond acceptors (Lipinski definition) is 5. The van der Waals surface area contributed by atoms with Gasteiger partial charge in [0.25, 0.3) is 5.91 Å². The predicted molar refractivity (Wildman–Crippen MR) is 106 cm³/mol. The quantitative estimate of drug-likeness (QED) is 0.580. The lowest BCUT2D eigenvalue weighted by Gasteiger charge is -2.19. The van der Waals surface area contributed by atoms with Gasteiger partial charge in [0.1, 0.15) is 11.8 Å². The average molecular weight is 398 g/mol. The minimum Gasteiger partial charge on any atom is -0.467 e. The van der Waals surface area contributed by atoms with Crippen LogP contribution in [0.1, 0.15) is 23.8 Å². The number of thioether (sulfide) groups is 1. The van der Waals surface area contributed by atoms with E-state index in [9.17, 15) is 4.79 Å². The van der Waals surface area contributed by atoms with Crippen molar-refractivity contribution in [3.05, 3.63) is 83.4 Å². The van der Waals surface area contributed by atoms with Gasteiger partial charge >= 0.3 is 0 Å². The maximum atomic E-state index is 12.9. The highest BCUT2D eigenvalue weighted by Crippen LogP contribution is 2.34. The third-order valence-corrected chi connectivity index (χ3v) is 5.38. The van der Waals surface area contributed by atoms with Gasteiger partial charge in [0.05, 0.1) is 22.8 Å². The van der Waals surface area contributed by atoms with Gasteiger partial charge in [0.15, 0.2) is 0 Å². The summed E-state index contributed by atoms with van der Waals surface area (Å²) < 4.78 is 5.56. The van der Waals surface area contributed by atoms with Crippen molar-refractivity contribution < 1.29 is 9.21 Å². The Hall–Kier alpha value is -2.57. The van der Waals surface area contributed by atoms with Crippen molar-refractivity contribution in [1.82, 2.24) is 9.99 Å². The normalized spacial score (nSPS) is 16.4. The Kier molecular flexibility index (Phi) is 5.27. The molecule has 7 heteroatoms. The van der Waals surface area contributed by atoms with Crippen molar-refractivity contribution in [2.75, 3.05) is 5.75 Å². The van der Waals surface area contributed by atoms with Crippen molar-refractivity contribution in [2.24, 2.45) is 5.10 Å². The van der Waals surface area contributed by atoms with Gasteiger partial charge in [0, 0.05) is 17.6 Å². The second-order valence-electron chi connectivity index (χ2n) is 5.98. The van der Waals surface area contributed by atoms with E-state index in [1.54, 1.807) is 12.5 Å². The largest absolute Gasteiger partial charge is 0.467 e. The molecule has 1 aromatic carbocycles. The van der Waals surface area contributed by atoms with Gasteiger partial charge in [-0.3, -0.25) is 4.79 Å². The Morgan fingerprint density at radius 3 is 2.74 bits per heavy atom. The molecule has 27 heavy (non-hydrogen) atoms. The summed E-state index contributed by atoms with van der Waals surface area (Å²) in [6, 6.07) is 16.5. The monoisotopic (exact) mass is 397 g/mol. The SMILES string of the molecule is O=C(CSc1ccccn1)N1N=C(c2ccc(Cl)cc2)C[C@H]1c1ccco1. The Morgan fingerprint density at radius 1 is 1.19 bits per heavy atom. The summed E-state index contributed by atoms with van der Waals surface area (Å²) in [5, 5.41) is 7.60. The molecule has 3 heterocycles. The molecule has 0 unspecified atom stereocenters. The zero-order chi connectivity index (χ0) is 18.6. The summed E-state index contributed by atoms with van der Waals surface area (Å²) in [5.74, 6) is 0.890. The molecule has 1 amide bonds. The number of hydrazone groups is 1. The Balaban J connectivity index is 1.55. The molecule has 0 spiro atoms. The number of halogens is 1. The molecule has 2 aromatic heterocycles. The number of nitrogens with zero attached hydrogens (tertiary/aromatic N) is 3. The summed E-state index contributed by atoms with van der Waals surface area (Å²) in [6.07, 6.45) is 3.92. The number of carbonyl (C=O) groups is 1. The maximum Gasteiger partial charge on any atom is 0.253 e. The van der Waals surface area contributed by atoms with Gasteiger partial charge in [-0.15, -0.1) is 0 Å². The highest BCUT2D eigenvalue weighted by atomic mass is 35.5. The van der Waals surface area contributed by atoms with E-state index in [4.69, 9.17) is 16.0 Å². The van der Waals surface area contributed by atoms with Crippen LogP contribution in [0.2, 0.25) is 5.02 Å². The van der Waals surface area contributed by atoms with Crippen LogP contribution in [0.5, 0.6) is 0 Å². The van der Waals surface area contributed by atoms with E-state index in [0.29, 0.717) is 11.4 Å². The molecule has 0 saturated carbocycles. The molecule has 0 saturated heterocycles. The first-order chi connectivity index (χ1) is 13.2. The zero-order valence-electron chi connectivity index (χ0n) is 14.3. The van der Waals surface area contributed by atoms with Gasteiger partial charge in [-0.1, -0.05) is 41.6 Å². The van der Waals surface area contributed by atoms with E-state index < -0.39 is 0 Å². The predicted octanol–water partition coefficient (Wildman–Crippen LogP) is 4.80. The summed E-state index contributed by atoms with van der Waals surface area (Å²) in [5.41, 5.74) is 1.79. The van der Waals surface area contributed by atoms with Crippen LogP contribution in [0.15, 0.2) is 81.6 Å². The number of amides is 1. The van der Waals surface area contributed by atoms with Crippen LogP contribution >= 0.6 is 23.4 Å². The molecule has 0 bridgehead atoms. The standard InChI is InChI=1S/C20H16ClN3O2S/c21-15-8-6-14(7-9-15)16-12-17(18-4-3-11-26-18)24(23-16)20(25)13-27-19-5-1-2-10-22-19/h1-11,17H,12-13H2/t17-/m0/s1. The lowest BCUT2D eigenvalue weighted by atomic mass is 10.0. The molecule has 5 nitrogen and oxygen atoms in total. The van der Waals surface area contributed by atoms with Crippen molar-refractivity contribution in [1.29, 1.82) is 0 Å². The van der Waals surface area contributed by atoms with Gasteiger partial charge in [0.2, 0.25) is 0 Å². The van der Waals surface area contributed by atoms with Crippen molar-refractivity contribution in [3.8, 4) is 0 Å². The first-order valence-electron chi connectivity index (χ1n) is 8.43. The van der Waals surface area contributed by atoms with Gasteiger partial charge in [-0.25, -0.2) is 9.99 Å². The van der Waals surface area contributed by atoms with Crippen LogP contribution in [0.25, 0.3) is 0 Å². The third-order valence-electron chi connectivity index (χ3n) is 4.20. The van der Waals surface area contributed by atoms with Gasteiger partial charge in [-0.2, -0.15) is 5.10 Å². The molecular weight excluding hydrogens is 382 g/mol. The topological polar surface area (TPSA) is 58.7 Å². The van der Waals surface area contributed by atoms with Crippen LogP contribution in [-0.2, 0) is 4.79 Å². The van der Waals surface area contributed by atoms with Gasteiger partial charge < -0.3 is 4.42 Å². The minimum atomic E-state index is -0.248. The third kappa shape index (κ3) is 4.07. The molecular formula is C20H16ClN3O2S. The van der Waals surface area contributed by atoms with E-state index in [-0.39, 0.29) is 17.7 Å². The lowest BCUT2D eigenvalue weighted by molar-refractivity contribution is -0.130. The number of benzene rings is 1. The Labute approximate surface area is 166 Å². The van der Waals surface area contributed by atoms with Crippen molar-refractivity contribution in [2.45, 2.75) is 17.5 Å². The number of rotatable bonds is 5. The van der Waals surface area contributed by atoms with Crippen molar-refractivity contribution >= 4 is 35.0 Å². The molecule has 1 aliphatic rings. The van der Waals surface area contributed by atoms with E-state index in [0.717, 1.165) is 22.1 Å². The molecule has 0 aliphatic carbocycles. The van der Waals surface area contributed by atoms with Crippen LogP contribution in [0, 0.1) is 0 Å². The smallest absolute Gasteiger partial charge is 0.253 e. The Morgan fingerprint density at radius 2 is 2.04 bits per heavy atom. The maximum absolute atomic E-state index is 12.9. The van der Waals surface area contributed by atoms with E-state index in [2.05, 4.69) is 10.1 Å². The Bertz CT molecular complexity index is 943. The fourth-order valence-electron chi connectivity index (χ4n) is 2.89. The summed E-state index contributed by atoms with van der Waals surface area (Å²) >= 11 is 7.37. The minimum absolute atomic E-state index is 0.0870. The number of aromatic nitrogens is 1. The molecule has 1 aliphatic heterocycles. The first-order valence-corrected chi connectivity index (χ1v) is 9.80. The van der Waals surface area contributed by atoms with E-state index in [1.807, 2.05) is 54.6 Å². The van der Waals surface area contributed by atoms with Crippen LogP contribution in [0.3, 0.4) is 0 Å². The molecule has 0 fully saturated rings. The summed E-state index contributed by atoms with van der Waals surface area (Å²) in [4.78, 5) is 17.1. The van der Waals surface area contributed by atoms with Crippen LogP contribution in [-0.4, -0.2) is 27.4 Å². The number of carbonyl (C=O) groups excluding carboxylic acids is 1. The lowest BCUT2D eigenvalue weighted by Crippen LogP contribution is -2.28. The van der Waals surface area contributed by atoms with Crippen molar-refractivity contribution in [3.63, 3.8) is 0 Å². The van der Waals surface area contributed by atoms with E-state index in [1.165, 1.54) is 16.8 Å². The highest BCUT2D eigenvalue weighted by Gasteiger charge is 2.34. The van der Waals surface area contributed by atoms with Crippen LogP contribution < -0.4 is 0 Å². The zero-order valence-corrected chi connectivity index (χ0v) is 15.9. The number of furan rings is 1. The molecule has 3 aromatic rings. The average Bonchev–Trinajstić information content (AvgIpc) is 3.37. The molecule has 136 valence electrons. The summed E-state index contributed by atoms with van der Waals surface area (Å²) in [6.45, 7) is 0. The first kappa shape index (κ1) is 17.8. The highest BCUT2D eigenvalue weighted by molar-refractivity contribution is 7.99. The van der Waals surface area contributed by atoms with E-state index >= 15 is 0 Å². The molecule has 1 atom stereocenters. The molecule has 4 rings (SSSR count).